The zero-order chi connectivity index (χ0) is 15.6. The number of halogens is 1. The Balaban J connectivity index is 1.73. The van der Waals surface area contributed by atoms with Crippen molar-refractivity contribution in [2.24, 2.45) is 0 Å². The Labute approximate surface area is 134 Å². The number of fused-ring (bicyclic) bond motifs is 1. The van der Waals surface area contributed by atoms with E-state index in [1.54, 1.807) is 4.90 Å². The van der Waals surface area contributed by atoms with Crippen molar-refractivity contribution in [2.45, 2.75) is 31.4 Å². The Kier molecular flexibility index (Phi) is 4.45. The molecule has 1 N–H and O–H groups in total. The van der Waals surface area contributed by atoms with E-state index in [2.05, 4.69) is 0 Å². The lowest BCUT2D eigenvalue weighted by molar-refractivity contribution is -0.136. The summed E-state index contributed by atoms with van der Waals surface area (Å²) in [5, 5.41) is 10.3. The molecule has 2 aliphatic rings. The topological polar surface area (TPSA) is 59.0 Å². The second kappa shape index (κ2) is 6.34. The van der Waals surface area contributed by atoms with Crippen LogP contribution in [0.25, 0.3) is 0 Å². The van der Waals surface area contributed by atoms with Gasteiger partial charge < -0.3 is 19.5 Å². The van der Waals surface area contributed by atoms with E-state index in [4.69, 9.17) is 21.1 Å². The smallest absolute Gasteiger partial charge is 0.237 e. The number of rotatable bonds is 5. The van der Waals surface area contributed by atoms with Crippen molar-refractivity contribution in [3.63, 3.8) is 0 Å². The minimum atomic E-state index is -0.754. The van der Waals surface area contributed by atoms with Crippen LogP contribution in [-0.4, -0.2) is 47.2 Å². The molecule has 1 amide bonds. The third-order valence-corrected chi connectivity index (χ3v) is 4.45. The molecule has 0 radical (unpaired) electrons. The molecule has 0 aromatic heterocycles. The molecule has 1 aromatic rings. The molecular weight excluding hydrogens is 306 g/mol. The summed E-state index contributed by atoms with van der Waals surface area (Å²) in [5.74, 6) is 1.17. The highest BCUT2D eigenvalue weighted by Gasteiger charge is 2.37. The standard InChI is InChI=1S/C16H20ClNO4/c17-9-15(19)18(11-16(20)4-1-5-16)10-12-2-3-13-14(8-12)22-7-6-21-13/h2-3,8,20H,1,4-7,9-11H2. The van der Waals surface area contributed by atoms with Crippen LogP contribution in [0.2, 0.25) is 0 Å². The van der Waals surface area contributed by atoms with Crippen LogP contribution < -0.4 is 9.47 Å². The molecule has 0 saturated heterocycles. The van der Waals surface area contributed by atoms with Gasteiger partial charge in [-0.15, -0.1) is 11.6 Å². The summed E-state index contributed by atoms with van der Waals surface area (Å²) in [6.07, 6.45) is 2.48. The second-order valence-electron chi connectivity index (χ2n) is 5.94. The van der Waals surface area contributed by atoms with Crippen molar-refractivity contribution >= 4 is 17.5 Å². The summed E-state index contributed by atoms with van der Waals surface area (Å²) >= 11 is 5.70. The van der Waals surface area contributed by atoms with E-state index in [9.17, 15) is 9.90 Å². The lowest BCUT2D eigenvalue weighted by Gasteiger charge is -2.40. The molecule has 1 heterocycles. The van der Waals surface area contributed by atoms with Crippen molar-refractivity contribution in [1.82, 2.24) is 4.90 Å². The Morgan fingerprint density at radius 3 is 2.64 bits per heavy atom. The molecule has 3 rings (SSSR count). The van der Waals surface area contributed by atoms with Gasteiger partial charge in [0, 0.05) is 13.1 Å². The Morgan fingerprint density at radius 2 is 2.00 bits per heavy atom. The third-order valence-electron chi connectivity index (χ3n) is 4.22. The molecule has 22 heavy (non-hydrogen) atoms. The molecule has 1 aliphatic carbocycles. The van der Waals surface area contributed by atoms with Gasteiger partial charge in [-0.1, -0.05) is 6.07 Å². The Morgan fingerprint density at radius 1 is 1.27 bits per heavy atom. The van der Waals surface area contributed by atoms with E-state index in [-0.39, 0.29) is 11.8 Å². The zero-order valence-electron chi connectivity index (χ0n) is 12.4. The van der Waals surface area contributed by atoms with E-state index in [1.165, 1.54) is 0 Å². The monoisotopic (exact) mass is 325 g/mol. The van der Waals surface area contributed by atoms with Gasteiger partial charge in [0.2, 0.25) is 5.91 Å². The van der Waals surface area contributed by atoms with Gasteiger partial charge in [-0.25, -0.2) is 0 Å². The number of aliphatic hydroxyl groups is 1. The van der Waals surface area contributed by atoms with E-state index in [1.807, 2.05) is 18.2 Å². The number of hydrogen-bond donors (Lipinski definition) is 1. The largest absolute Gasteiger partial charge is 0.486 e. The first-order chi connectivity index (χ1) is 10.6. The highest BCUT2D eigenvalue weighted by Crippen LogP contribution is 2.34. The maximum absolute atomic E-state index is 12.0. The Bertz CT molecular complexity index is 559. The second-order valence-corrected chi connectivity index (χ2v) is 6.21. The highest BCUT2D eigenvalue weighted by molar-refractivity contribution is 6.27. The van der Waals surface area contributed by atoms with Crippen LogP contribution in [0.15, 0.2) is 18.2 Å². The molecule has 0 bridgehead atoms. The normalized spacial score (nSPS) is 18.5. The predicted molar refractivity (Wildman–Crippen MR) is 82.4 cm³/mol. The predicted octanol–water partition coefficient (Wildman–Crippen LogP) is 1.94. The zero-order valence-corrected chi connectivity index (χ0v) is 13.1. The number of ether oxygens (including phenoxy) is 2. The number of carbonyl (C=O) groups excluding carboxylic acids is 1. The van der Waals surface area contributed by atoms with Crippen LogP contribution in [-0.2, 0) is 11.3 Å². The van der Waals surface area contributed by atoms with Crippen molar-refractivity contribution in [3.05, 3.63) is 23.8 Å². The third kappa shape index (κ3) is 3.31. The molecule has 1 aliphatic heterocycles. The summed E-state index contributed by atoms with van der Waals surface area (Å²) in [5.41, 5.74) is 0.181. The van der Waals surface area contributed by atoms with Crippen molar-refractivity contribution in [2.75, 3.05) is 25.6 Å². The molecule has 0 atom stereocenters. The fourth-order valence-corrected chi connectivity index (χ4v) is 2.99. The Hall–Kier alpha value is -1.46. The number of carbonyl (C=O) groups is 1. The number of benzene rings is 1. The van der Waals surface area contributed by atoms with Gasteiger partial charge in [-0.3, -0.25) is 4.79 Å². The minimum absolute atomic E-state index is 0.0827. The number of nitrogens with zero attached hydrogens (tertiary/aromatic N) is 1. The van der Waals surface area contributed by atoms with Gasteiger partial charge >= 0.3 is 0 Å². The summed E-state index contributed by atoms with van der Waals surface area (Å²) in [4.78, 5) is 13.7. The van der Waals surface area contributed by atoms with Crippen molar-refractivity contribution < 1.29 is 19.4 Å². The molecule has 6 heteroatoms. The molecule has 5 nitrogen and oxygen atoms in total. The minimum Gasteiger partial charge on any atom is -0.486 e. The van der Waals surface area contributed by atoms with Gasteiger partial charge in [0.25, 0.3) is 0 Å². The van der Waals surface area contributed by atoms with Crippen LogP contribution in [0.3, 0.4) is 0 Å². The fourth-order valence-electron chi connectivity index (χ4n) is 2.82. The molecule has 1 fully saturated rings. The van der Waals surface area contributed by atoms with Crippen LogP contribution >= 0.6 is 11.6 Å². The summed E-state index contributed by atoms with van der Waals surface area (Å²) in [6, 6.07) is 5.64. The fraction of sp³-hybridized carbons (Fsp3) is 0.562. The number of alkyl halides is 1. The SMILES string of the molecule is O=C(CCl)N(Cc1ccc2c(c1)OCCO2)CC1(O)CCC1. The van der Waals surface area contributed by atoms with Crippen LogP contribution in [0.4, 0.5) is 0 Å². The molecule has 1 saturated carbocycles. The summed E-state index contributed by atoms with van der Waals surface area (Å²) < 4.78 is 11.1. The average Bonchev–Trinajstić information content (AvgIpc) is 2.51. The van der Waals surface area contributed by atoms with E-state index in [0.717, 1.165) is 30.6 Å². The lowest BCUT2D eigenvalue weighted by Crippen LogP contribution is -2.49. The van der Waals surface area contributed by atoms with Gasteiger partial charge in [-0.05, 0) is 37.0 Å². The van der Waals surface area contributed by atoms with Gasteiger partial charge in [-0.2, -0.15) is 0 Å². The summed E-state index contributed by atoms with van der Waals surface area (Å²) in [6.45, 7) is 1.81. The van der Waals surface area contributed by atoms with Crippen molar-refractivity contribution in [1.29, 1.82) is 0 Å². The van der Waals surface area contributed by atoms with Crippen LogP contribution in [0.5, 0.6) is 11.5 Å². The molecular formula is C16H20ClNO4. The van der Waals surface area contributed by atoms with Crippen LogP contribution in [0, 0.1) is 0 Å². The van der Waals surface area contributed by atoms with Crippen molar-refractivity contribution in [3.8, 4) is 11.5 Å². The average molecular weight is 326 g/mol. The van der Waals surface area contributed by atoms with Crippen LogP contribution in [0.1, 0.15) is 24.8 Å². The van der Waals surface area contributed by atoms with E-state index in [0.29, 0.717) is 32.1 Å². The highest BCUT2D eigenvalue weighted by atomic mass is 35.5. The maximum atomic E-state index is 12.0. The number of hydrogen-bond acceptors (Lipinski definition) is 4. The molecule has 120 valence electrons. The van der Waals surface area contributed by atoms with E-state index < -0.39 is 5.60 Å². The quantitative estimate of drug-likeness (QED) is 0.841. The molecule has 1 aromatic carbocycles. The summed E-state index contributed by atoms with van der Waals surface area (Å²) in [7, 11) is 0. The van der Waals surface area contributed by atoms with Gasteiger partial charge in [0.15, 0.2) is 11.5 Å². The lowest BCUT2D eigenvalue weighted by atomic mass is 9.80. The first kappa shape index (κ1) is 15.4. The maximum Gasteiger partial charge on any atom is 0.237 e. The molecule has 0 spiro atoms. The van der Waals surface area contributed by atoms with E-state index >= 15 is 0 Å². The van der Waals surface area contributed by atoms with Gasteiger partial charge in [0.05, 0.1) is 5.60 Å². The number of amides is 1. The van der Waals surface area contributed by atoms with Gasteiger partial charge in [0.1, 0.15) is 19.1 Å². The first-order valence-corrected chi connectivity index (χ1v) is 8.08. The molecule has 0 unspecified atom stereocenters. The first-order valence-electron chi connectivity index (χ1n) is 7.54.